The molecule has 0 unspecified atom stereocenters. The number of carbonyl (C=O) groups is 2. The number of esters is 2. The zero-order valence-corrected chi connectivity index (χ0v) is 17.5. The molecule has 0 radical (unpaired) electrons. The second-order valence-corrected chi connectivity index (χ2v) is 6.64. The first-order valence-corrected chi connectivity index (χ1v) is 9.47. The van der Waals surface area contributed by atoms with Crippen LogP contribution in [0.25, 0.3) is 0 Å². The summed E-state index contributed by atoms with van der Waals surface area (Å²) in [6, 6.07) is 4.17. The van der Waals surface area contributed by atoms with Crippen LogP contribution in [0, 0.1) is 5.82 Å². The molecule has 0 saturated carbocycles. The SMILES string of the molecule is COC(=O)C1=C(C(=O)OC)N(c2ccc(OCCn3cc(Cl)cn3)c(F)c2)C=CC=C1. The minimum absolute atomic E-state index is 0.0238. The molecular weight excluding hydrogens is 429 g/mol. The predicted molar refractivity (Wildman–Crippen MR) is 111 cm³/mol. The van der Waals surface area contributed by atoms with E-state index in [0.717, 1.165) is 0 Å². The second-order valence-electron chi connectivity index (χ2n) is 6.20. The number of benzene rings is 1. The first kappa shape index (κ1) is 22.1. The van der Waals surface area contributed by atoms with Crippen molar-refractivity contribution in [3.8, 4) is 5.75 Å². The summed E-state index contributed by atoms with van der Waals surface area (Å²) in [6.45, 7) is 0.549. The highest BCUT2D eigenvalue weighted by molar-refractivity contribution is 6.30. The van der Waals surface area contributed by atoms with Gasteiger partial charge in [-0.2, -0.15) is 5.10 Å². The van der Waals surface area contributed by atoms with Crippen molar-refractivity contribution in [1.29, 1.82) is 0 Å². The maximum absolute atomic E-state index is 14.7. The van der Waals surface area contributed by atoms with Crippen molar-refractivity contribution in [2.75, 3.05) is 25.7 Å². The van der Waals surface area contributed by atoms with Gasteiger partial charge in [-0.15, -0.1) is 0 Å². The van der Waals surface area contributed by atoms with Gasteiger partial charge in [0.2, 0.25) is 0 Å². The molecule has 1 aromatic carbocycles. The lowest BCUT2D eigenvalue weighted by Gasteiger charge is -2.23. The molecule has 3 rings (SSSR count). The lowest BCUT2D eigenvalue weighted by Crippen LogP contribution is -2.27. The summed E-state index contributed by atoms with van der Waals surface area (Å²) < 4.78 is 31.4. The van der Waals surface area contributed by atoms with E-state index >= 15 is 0 Å². The molecule has 8 nitrogen and oxygen atoms in total. The van der Waals surface area contributed by atoms with Gasteiger partial charge in [0, 0.05) is 24.2 Å². The van der Waals surface area contributed by atoms with Crippen LogP contribution >= 0.6 is 11.6 Å². The smallest absolute Gasteiger partial charge is 0.355 e. The topological polar surface area (TPSA) is 82.9 Å². The molecule has 0 amide bonds. The monoisotopic (exact) mass is 447 g/mol. The van der Waals surface area contributed by atoms with Crippen molar-refractivity contribution in [3.63, 3.8) is 0 Å². The first-order chi connectivity index (χ1) is 14.9. The molecule has 1 aliphatic rings. The van der Waals surface area contributed by atoms with Crippen LogP contribution in [0.15, 0.2) is 66.3 Å². The van der Waals surface area contributed by atoms with Gasteiger partial charge in [0.1, 0.15) is 12.3 Å². The molecule has 0 spiro atoms. The number of hydrogen-bond donors (Lipinski definition) is 0. The molecule has 2 aromatic rings. The zero-order valence-electron chi connectivity index (χ0n) is 16.7. The summed E-state index contributed by atoms with van der Waals surface area (Å²) in [6.07, 6.45) is 9.21. The standard InChI is InChI=1S/C21H19ClFN3O5/c1-29-20(27)16-5-3-4-8-26(19(16)21(28)30-2)15-6-7-18(17(23)11-15)31-10-9-25-13-14(22)12-24-25/h3-8,11-13H,9-10H2,1-2H3. The number of rotatable bonds is 7. The second kappa shape index (κ2) is 9.94. The van der Waals surface area contributed by atoms with Crippen molar-refractivity contribution in [2.45, 2.75) is 6.54 Å². The van der Waals surface area contributed by atoms with Gasteiger partial charge in [0.15, 0.2) is 11.6 Å². The normalized spacial score (nSPS) is 13.2. The van der Waals surface area contributed by atoms with Gasteiger partial charge in [0.05, 0.1) is 37.6 Å². The van der Waals surface area contributed by atoms with Crippen molar-refractivity contribution in [2.24, 2.45) is 0 Å². The molecule has 162 valence electrons. The molecule has 0 atom stereocenters. The van der Waals surface area contributed by atoms with E-state index in [2.05, 4.69) is 5.10 Å². The van der Waals surface area contributed by atoms with Crippen LogP contribution in [-0.2, 0) is 25.6 Å². The van der Waals surface area contributed by atoms with Crippen molar-refractivity contribution < 1.29 is 28.2 Å². The summed E-state index contributed by atoms with van der Waals surface area (Å²) in [5.74, 6) is -2.14. The predicted octanol–water partition coefficient (Wildman–Crippen LogP) is 3.24. The van der Waals surface area contributed by atoms with Gasteiger partial charge in [-0.1, -0.05) is 17.7 Å². The van der Waals surface area contributed by atoms with E-state index < -0.39 is 17.8 Å². The Morgan fingerprint density at radius 3 is 2.58 bits per heavy atom. The highest BCUT2D eigenvalue weighted by atomic mass is 35.5. The van der Waals surface area contributed by atoms with Crippen LogP contribution in [0.4, 0.5) is 10.1 Å². The molecule has 2 heterocycles. The molecular formula is C21H19ClFN3O5. The summed E-state index contributed by atoms with van der Waals surface area (Å²) in [4.78, 5) is 26.0. The first-order valence-electron chi connectivity index (χ1n) is 9.10. The zero-order chi connectivity index (χ0) is 22.4. The molecule has 0 bridgehead atoms. The quantitative estimate of drug-likeness (QED) is 0.602. The van der Waals surface area contributed by atoms with Crippen molar-refractivity contribution >= 4 is 29.2 Å². The van der Waals surface area contributed by atoms with Gasteiger partial charge in [-0.25, -0.2) is 14.0 Å². The van der Waals surface area contributed by atoms with Crippen LogP contribution in [0.2, 0.25) is 5.02 Å². The number of allylic oxidation sites excluding steroid dienone is 2. The number of methoxy groups -OCH3 is 2. The van der Waals surface area contributed by atoms with E-state index in [9.17, 15) is 14.0 Å². The molecule has 31 heavy (non-hydrogen) atoms. The Kier molecular flexibility index (Phi) is 7.09. The Labute approximate surface area is 182 Å². The molecule has 1 aliphatic heterocycles. The molecule has 1 aromatic heterocycles. The molecule has 10 heteroatoms. The Balaban J connectivity index is 1.85. The van der Waals surface area contributed by atoms with Crippen LogP contribution in [0.5, 0.6) is 5.75 Å². The maximum Gasteiger partial charge on any atom is 0.355 e. The third kappa shape index (κ3) is 5.13. The number of carbonyl (C=O) groups excluding carboxylic acids is 2. The molecule has 0 saturated heterocycles. The van der Waals surface area contributed by atoms with E-state index in [4.69, 9.17) is 25.8 Å². The van der Waals surface area contributed by atoms with Gasteiger partial charge in [-0.3, -0.25) is 4.68 Å². The van der Waals surface area contributed by atoms with E-state index in [1.54, 1.807) is 29.1 Å². The highest BCUT2D eigenvalue weighted by Crippen LogP contribution is 2.30. The average molecular weight is 448 g/mol. The summed E-state index contributed by atoms with van der Waals surface area (Å²) in [5, 5.41) is 4.52. The van der Waals surface area contributed by atoms with Gasteiger partial charge < -0.3 is 19.1 Å². The van der Waals surface area contributed by atoms with Crippen LogP contribution in [-0.4, -0.2) is 42.5 Å². The van der Waals surface area contributed by atoms with Crippen molar-refractivity contribution in [3.05, 3.63) is 77.1 Å². The lowest BCUT2D eigenvalue weighted by molar-refractivity contribution is -0.139. The number of ether oxygens (including phenoxy) is 3. The Morgan fingerprint density at radius 1 is 1.16 bits per heavy atom. The fourth-order valence-corrected chi connectivity index (χ4v) is 2.99. The minimum Gasteiger partial charge on any atom is -0.489 e. The lowest BCUT2D eigenvalue weighted by atomic mass is 10.1. The molecule has 0 N–H and O–H groups in total. The number of anilines is 1. The average Bonchev–Trinajstić information content (AvgIpc) is 3.05. The van der Waals surface area contributed by atoms with Crippen LogP contribution in [0.1, 0.15) is 0 Å². The number of halogens is 2. The van der Waals surface area contributed by atoms with Crippen LogP contribution < -0.4 is 9.64 Å². The van der Waals surface area contributed by atoms with E-state index in [0.29, 0.717) is 11.6 Å². The van der Waals surface area contributed by atoms with Gasteiger partial charge >= 0.3 is 11.9 Å². The Bertz CT molecular complexity index is 1080. The minimum atomic E-state index is -0.782. The number of aromatic nitrogens is 2. The number of nitrogens with zero attached hydrogens (tertiary/aromatic N) is 3. The molecule has 0 fully saturated rings. The number of hydrogen-bond acceptors (Lipinski definition) is 7. The van der Waals surface area contributed by atoms with E-state index in [1.165, 1.54) is 49.7 Å². The maximum atomic E-state index is 14.7. The fourth-order valence-electron chi connectivity index (χ4n) is 2.83. The summed E-state index contributed by atoms with van der Waals surface area (Å²) in [7, 11) is 2.38. The fraction of sp³-hybridized carbons (Fsp3) is 0.190. The Morgan fingerprint density at radius 2 is 1.94 bits per heavy atom. The largest absolute Gasteiger partial charge is 0.489 e. The Hall–Kier alpha value is -3.59. The molecule has 0 aliphatic carbocycles. The summed E-state index contributed by atoms with van der Waals surface area (Å²) in [5.41, 5.74) is 0.145. The summed E-state index contributed by atoms with van der Waals surface area (Å²) >= 11 is 5.80. The van der Waals surface area contributed by atoms with Gasteiger partial charge in [-0.05, 0) is 24.3 Å². The van der Waals surface area contributed by atoms with E-state index in [1.807, 2.05) is 0 Å². The highest BCUT2D eigenvalue weighted by Gasteiger charge is 2.27. The third-order valence-corrected chi connectivity index (χ3v) is 4.46. The van der Waals surface area contributed by atoms with Crippen LogP contribution in [0.3, 0.4) is 0 Å². The van der Waals surface area contributed by atoms with Crippen molar-refractivity contribution in [1.82, 2.24) is 9.78 Å². The van der Waals surface area contributed by atoms with E-state index in [-0.39, 0.29) is 29.3 Å². The van der Waals surface area contributed by atoms with Gasteiger partial charge in [0.25, 0.3) is 0 Å². The third-order valence-electron chi connectivity index (χ3n) is 4.26.